The largest absolute Gasteiger partial charge is 0.456 e. The molecule has 0 saturated carbocycles. The van der Waals surface area contributed by atoms with Crippen molar-refractivity contribution in [2.24, 2.45) is 0 Å². The number of nitrogens with zero attached hydrogens (tertiary/aromatic N) is 2. The third-order valence-corrected chi connectivity index (χ3v) is 4.83. The minimum atomic E-state index is -1.46. The Morgan fingerprint density at radius 1 is 1.06 bits per heavy atom. The van der Waals surface area contributed by atoms with E-state index in [9.17, 15) is 24.0 Å². The molecule has 2 rings (SSSR count). The first-order valence-corrected chi connectivity index (χ1v) is 10.6. The van der Waals surface area contributed by atoms with Gasteiger partial charge in [-0.1, -0.05) is 11.8 Å². The SMILES string of the molecule is CSc1nc(N)c(N(C(C)=O)[C@@H]2OC[C@@H](OC(C)=O)[C@@H](OC(C)=O)[C@@H]2OC(C)=O)c(=O)[nH]1. The van der Waals surface area contributed by atoms with Gasteiger partial charge < -0.3 is 24.7 Å². The topological polar surface area (TPSA) is 180 Å². The predicted molar refractivity (Wildman–Crippen MR) is 111 cm³/mol. The zero-order chi connectivity index (χ0) is 24.2. The minimum Gasteiger partial charge on any atom is -0.456 e. The van der Waals surface area contributed by atoms with Gasteiger partial charge in [0.2, 0.25) is 5.91 Å². The molecular formula is C18H24N4O9S. The van der Waals surface area contributed by atoms with Gasteiger partial charge in [0, 0.05) is 27.7 Å². The molecule has 0 aliphatic carbocycles. The van der Waals surface area contributed by atoms with Gasteiger partial charge in [-0.2, -0.15) is 0 Å². The fourth-order valence-electron chi connectivity index (χ4n) is 3.20. The van der Waals surface area contributed by atoms with Crippen LogP contribution in [0.25, 0.3) is 0 Å². The number of rotatable bonds is 6. The number of nitrogens with one attached hydrogen (secondary N) is 1. The first-order chi connectivity index (χ1) is 15.0. The number of carbonyl (C=O) groups excluding carboxylic acids is 4. The van der Waals surface area contributed by atoms with Crippen LogP contribution in [0.1, 0.15) is 27.7 Å². The molecule has 0 bridgehead atoms. The van der Waals surface area contributed by atoms with E-state index in [2.05, 4.69) is 9.97 Å². The molecule has 176 valence electrons. The van der Waals surface area contributed by atoms with Gasteiger partial charge in [-0.25, -0.2) is 4.98 Å². The molecule has 0 radical (unpaired) electrons. The van der Waals surface area contributed by atoms with Gasteiger partial charge >= 0.3 is 17.9 Å². The smallest absolute Gasteiger partial charge is 0.303 e. The Bertz CT molecular complexity index is 966. The Hall–Kier alpha value is -3.13. The lowest BCUT2D eigenvalue weighted by Crippen LogP contribution is -2.63. The average Bonchev–Trinajstić information content (AvgIpc) is 2.66. The van der Waals surface area contributed by atoms with E-state index in [0.29, 0.717) is 0 Å². The summed E-state index contributed by atoms with van der Waals surface area (Å²) in [5, 5.41) is 0.216. The molecular weight excluding hydrogens is 448 g/mol. The number of nitrogen functional groups attached to an aromatic ring is 1. The van der Waals surface area contributed by atoms with E-state index in [1.165, 1.54) is 0 Å². The summed E-state index contributed by atoms with van der Waals surface area (Å²) in [6.07, 6.45) is -3.71. The summed E-state index contributed by atoms with van der Waals surface area (Å²) in [5.41, 5.74) is 4.86. The van der Waals surface area contributed by atoms with Gasteiger partial charge in [-0.3, -0.25) is 33.9 Å². The van der Waals surface area contributed by atoms with Crippen LogP contribution in [0.2, 0.25) is 0 Å². The molecule has 1 aromatic heterocycles. The van der Waals surface area contributed by atoms with Crippen LogP contribution in [0, 0.1) is 0 Å². The Morgan fingerprint density at radius 3 is 2.09 bits per heavy atom. The number of anilines is 2. The second-order valence-electron chi connectivity index (χ2n) is 6.72. The Labute approximate surface area is 186 Å². The number of esters is 3. The van der Waals surface area contributed by atoms with Gasteiger partial charge in [0.05, 0.1) is 6.61 Å². The van der Waals surface area contributed by atoms with Crippen LogP contribution in [-0.4, -0.2) is 71.2 Å². The molecule has 14 heteroatoms. The van der Waals surface area contributed by atoms with E-state index >= 15 is 0 Å². The summed E-state index contributed by atoms with van der Waals surface area (Å²) < 4.78 is 21.4. The summed E-state index contributed by atoms with van der Waals surface area (Å²) in [4.78, 5) is 67.7. The summed E-state index contributed by atoms with van der Waals surface area (Å²) in [6, 6.07) is 0. The first-order valence-electron chi connectivity index (χ1n) is 9.33. The fourth-order valence-corrected chi connectivity index (χ4v) is 3.58. The highest BCUT2D eigenvalue weighted by Crippen LogP contribution is 2.30. The second-order valence-corrected chi connectivity index (χ2v) is 7.51. The number of thioether (sulfide) groups is 1. The van der Waals surface area contributed by atoms with Gasteiger partial charge in [0.15, 0.2) is 41.2 Å². The molecule has 1 aliphatic heterocycles. The van der Waals surface area contributed by atoms with Crippen LogP contribution < -0.4 is 16.2 Å². The highest BCUT2D eigenvalue weighted by atomic mass is 32.2. The van der Waals surface area contributed by atoms with Crippen molar-refractivity contribution >= 4 is 47.1 Å². The molecule has 0 aromatic carbocycles. The Kier molecular flexibility index (Phi) is 8.21. The molecule has 3 N–H and O–H groups in total. The number of amides is 1. The third-order valence-electron chi connectivity index (χ3n) is 4.25. The third kappa shape index (κ3) is 5.76. The van der Waals surface area contributed by atoms with Crippen molar-refractivity contribution < 1.29 is 38.1 Å². The molecule has 2 heterocycles. The molecule has 1 fully saturated rings. The summed E-state index contributed by atoms with van der Waals surface area (Å²) >= 11 is 1.13. The van der Waals surface area contributed by atoms with Crippen molar-refractivity contribution in [2.45, 2.75) is 57.4 Å². The average molecular weight is 472 g/mol. The van der Waals surface area contributed by atoms with E-state index in [0.717, 1.165) is 44.4 Å². The number of carbonyl (C=O) groups is 4. The summed E-state index contributed by atoms with van der Waals surface area (Å²) in [6.45, 7) is 4.13. The molecule has 4 atom stereocenters. The lowest BCUT2D eigenvalue weighted by atomic mass is 10.0. The Morgan fingerprint density at radius 2 is 1.62 bits per heavy atom. The van der Waals surface area contributed by atoms with Crippen LogP contribution in [0.5, 0.6) is 0 Å². The van der Waals surface area contributed by atoms with Crippen molar-refractivity contribution in [1.82, 2.24) is 9.97 Å². The number of hydrogen-bond acceptors (Lipinski definition) is 12. The number of H-pyrrole nitrogens is 1. The lowest BCUT2D eigenvalue weighted by molar-refractivity contribution is -0.225. The van der Waals surface area contributed by atoms with Crippen LogP contribution in [0.4, 0.5) is 11.5 Å². The van der Waals surface area contributed by atoms with Crippen LogP contribution >= 0.6 is 11.8 Å². The highest BCUT2D eigenvalue weighted by molar-refractivity contribution is 7.98. The van der Waals surface area contributed by atoms with Gasteiger partial charge in [0.1, 0.15) is 0 Å². The van der Waals surface area contributed by atoms with E-state index in [-0.39, 0.29) is 23.3 Å². The number of aromatic amines is 1. The molecule has 13 nitrogen and oxygen atoms in total. The number of aromatic nitrogens is 2. The zero-order valence-electron chi connectivity index (χ0n) is 18.1. The normalized spacial score (nSPS) is 22.5. The molecule has 0 spiro atoms. The van der Waals surface area contributed by atoms with Crippen LogP contribution in [0.3, 0.4) is 0 Å². The zero-order valence-corrected chi connectivity index (χ0v) is 18.9. The monoisotopic (exact) mass is 472 g/mol. The number of nitrogens with two attached hydrogens (primary N) is 1. The molecule has 1 aromatic rings. The number of ether oxygens (including phenoxy) is 4. The van der Waals surface area contributed by atoms with E-state index in [1.54, 1.807) is 6.26 Å². The number of hydrogen-bond donors (Lipinski definition) is 2. The second kappa shape index (κ2) is 10.5. The quantitative estimate of drug-likeness (QED) is 0.236. The standard InChI is InChI=1S/C18H24N4O9S/c1-7(23)22(12-15(19)20-18(32-5)21-16(12)27)17-14(31-10(4)26)13(30-9(3)25)11(6-28-17)29-8(2)24/h11,13-14,17H,6H2,1-5H3,(H3,19,20,21,27)/t11-,13-,14+,17-/m1/s1. The van der Waals surface area contributed by atoms with E-state index in [1.807, 2.05) is 0 Å². The minimum absolute atomic E-state index is 0.216. The molecule has 1 amide bonds. The van der Waals surface area contributed by atoms with Crippen LogP contribution in [0.15, 0.2) is 9.95 Å². The first kappa shape index (κ1) is 25.1. The van der Waals surface area contributed by atoms with Crippen molar-refractivity contribution in [1.29, 1.82) is 0 Å². The van der Waals surface area contributed by atoms with Crippen LogP contribution in [-0.2, 0) is 38.1 Å². The van der Waals surface area contributed by atoms with E-state index in [4.69, 9.17) is 24.7 Å². The highest BCUT2D eigenvalue weighted by Gasteiger charge is 2.50. The van der Waals surface area contributed by atoms with Crippen molar-refractivity contribution in [3.8, 4) is 0 Å². The van der Waals surface area contributed by atoms with Gasteiger partial charge in [-0.05, 0) is 6.26 Å². The fraction of sp³-hybridized carbons (Fsp3) is 0.556. The maximum atomic E-state index is 12.7. The van der Waals surface area contributed by atoms with Gasteiger partial charge in [-0.15, -0.1) is 0 Å². The lowest BCUT2D eigenvalue weighted by Gasteiger charge is -2.44. The van der Waals surface area contributed by atoms with Gasteiger partial charge in [0.25, 0.3) is 5.56 Å². The summed E-state index contributed by atoms with van der Waals surface area (Å²) in [5.74, 6) is -3.23. The predicted octanol–water partition coefficient (Wildman–Crippen LogP) is -0.422. The van der Waals surface area contributed by atoms with Crippen molar-refractivity contribution in [3.05, 3.63) is 10.4 Å². The Balaban J connectivity index is 2.61. The van der Waals surface area contributed by atoms with Crippen molar-refractivity contribution in [2.75, 3.05) is 23.5 Å². The summed E-state index contributed by atoms with van der Waals surface area (Å²) in [7, 11) is 0. The molecule has 1 aliphatic rings. The van der Waals surface area contributed by atoms with E-state index < -0.39 is 53.9 Å². The maximum Gasteiger partial charge on any atom is 0.303 e. The molecule has 0 unspecified atom stereocenters. The molecule has 32 heavy (non-hydrogen) atoms. The van der Waals surface area contributed by atoms with Crippen molar-refractivity contribution in [3.63, 3.8) is 0 Å². The maximum absolute atomic E-state index is 12.7. The molecule has 1 saturated heterocycles.